The molecule has 7 nitrogen and oxygen atoms in total. The van der Waals surface area contributed by atoms with Crippen LogP contribution in [-0.2, 0) is 21.4 Å². The Morgan fingerprint density at radius 3 is 2.42 bits per heavy atom. The minimum atomic E-state index is -0.949. The van der Waals surface area contributed by atoms with Crippen molar-refractivity contribution < 1.29 is 19.1 Å². The molecule has 26 heavy (non-hydrogen) atoms. The van der Waals surface area contributed by atoms with Crippen LogP contribution in [0.3, 0.4) is 0 Å². The Balaban J connectivity index is 1.97. The minimum absolute atomic E-state index is 0.410. The first-order chi connectivity index (χ1) is 12.3. The van der Waals surface area contributed by atoms with Gasteiger partial charge in [-0.1, -0.05) is 25.1 Å². The number of nitrogens with zero attached hydrogens (tertiary/aromatic N) is 2. The van der Waals surface area contributed by atoms with Gasteiger partial charge in [-0.2, -0.15) is 5.10 Å². The minimum Gasteiger partial charge on any atom is -0.479 e. The summed E-state index contributed by atoms with van der Waals surface area (Å²) in [4.78, 5) is 24.7. The number of aromatic nitrogens is 2. The number of nitrogens with one attached hydrogen (secondary N) is 1. The molecule has 1 aromatic heterocycles. The first kappa shape index (κ1) is 19.5. The summed E-state index contributed by atoms with van der Waals surface area (Å²) in [6, 6.07) is 9.03. The number of amides is 1. The summed E-state index contributed by atoms with van der Waals surface area (Å²) in [7, 11) is 1.80. The first-order valence-electron chi connectivity index (χ1n) is 8.56. The Bertz CT molecular complexity index is 771. The Morgan fingerprint density at radius 1 is 1.23 bits per heavy atom. The summed E-state index contributed by atoms with van der Waals surface area (Å²) in [6.07, 6.45) is -1.28. The average molecular weight is 359 g/mol. The molecule has 0 fully saturated rings. The van der Waals surface area contributed by atoms with Crippen molar-refractivity contribution in [3.05, 3.63) is 41.7 Å². The maximum absolute atomic E-state index is 12.4. The molecular weight excluding hydrogens is 334 g/mol. The Labute approximate surface area is 153 Å². The molecule has 0 bridgehead atoms. The van der Waals surface area contributed by atoms with Gasteiger partial charge in [0.2, 0.25) is 0 Å². The zero-order valence-electron chi connectivity index (χ0n) is 15.8. The molecule has 1 aromatic carbocycles. The third-order valence-corrected chi connectivity index (χ3v) is 4.07. The van der Waals surface area contributed by atoms with Crippen molar-refractivity contribution in [1.29, 1.82) is 0 Å². The lowest BCUT2D eigenvalue weighted by Crippen LogP contribution is -2.36. The van der Waals surface area contributed by atoms with Gasteiger partial charge in [-0.15, -0.1) is 0 Å². The predicted octanol–water partition coefficient (Wildman–Crippen LogP) is 2.76. The van der Waals surface area contributed by atoms with Crippen LogP contribution in [0.5, 0.6) is 5.75 Å². The molecule has 0 aliphatic carbocycles. The van der Waals surface area contributed by atoms with Gasteiger partial charge in [-0.25, -0.2) is 4.79 Å². The molecule has 1 N–H and O–H groups in total. The SMILES string of the molecule is CC[C@H](Oc1ccccc1)C(=O)O[C@H](C)C(=O)Nc1c(C)nn(C)c1C. The quantitative estimate of drug-likeness (QED) is 0.769. The number of hydrogen-bond donors (Lipinski definition) is 1. The van der Waals surface area contributed by atoms with Gasteiger partial charge >= 0.3 is 5.97 Å². The average Bonchev–Trinajstić information content (AvgIpc) is 2.86. The molecule has 0 unspecified atom stereocenters. The topological polar surface area (TPSA) is 82.4 Å². The van der Waals surface area contributed by atoms with Gasteiger partial charge in [0, 0.05) is 7.05 Å². The van der Waals surface area contributed by atoms with Gasteiger partial charge < -0.3 is 14.8 Å². The van der Waals surface area contributed by atoms with E-state index in [0.29, 0.717) is 23.6 Å². The largest absolute Gasteiger partial charge is 0.479 e. The van der Waals surface area contributed by atoms with Crippen molar-refractivity contribution in [3.8, 4) is 5.75 Å². The van der Waals surface area contributed by atoms with E-state index in [4.69, 9.17) is 9.47 Å². The van der Waals surface area contributed by atoms with Gasteiger partial charge in [0.05, 0.1) is 17.1 Å². The highest BCUT2D eigenvalue weighted by atomic mass is 16.6. The van der Waals surface area contributed by atoms with E-state index in [1.165, 1.54) is 6.92 Å². The van der Waals surface area contributed by atoms with Crippen molar-refractivity contribution in [1.82, 2.24) is 9.78 Å². The lowest BCUT2D eigenvalue weighted by atomic mass is 10.2. The van der Waals surface area contributed by atoms with E-state index in [0.717, 1.165) is 5.69 Å². The highest BCUT2D eigenvalue weighted by Gasteiger charge is 2.26. The lowest BCUT2D eigenvalue weighted by molar-refractivity contribution is -0.160. The number of esters is 1. The molecule has 7 heteroatoms. The number of carbonyl (C=O) groups excluding carboxylic acids is 2. The summed E-state index contributed by atoms with van der Waals surface area (Å²) >= 11 is 0. The maximum atomic E-state index is 12.4. The van der Waals surface area contributed by atoms with Crippen LogP contribution in [0.25, 0.3) is 0 Å². The van der Waals surface area contributed by atoms with Crippen molar-refractivity contribution >= 4 is 17.6 Å². The first-order valence-corrected chi connectivity index (χ1v) is 8.56. The van der Waals surface area contributed by atoms with Crippen molar-refractivity contribution in [3.63, 3.8) is 0 Å². The summed E-state index contributed by atoms with van der Waals surface area (Å²) < 4.78 is 12.6. The zero-order valence-corrected chi connectivity index (χ0v) is 15.8. The Morgan fingerprint density at radius 2 is 1.88 bits per heavy atom. The highest BCUT2D eigenvalue weighted by Crippen LogP contribution is 2.19. The molecule has 2 rings (SSSR count). The lowest BCUT2D eigenvalue weighted by Gasteiger charge is -2.19. The fourth-order valence-corrected chi connectivity index (χ4v) is 2.44. The standard InChI is InChI=1S/C19H25N3O4/c1-6-16(26-15-10-8-7-9-11-15)19(24)25-14(4)18(23)20-17-12(2)21-22(5)13(17)3/h7-11,14,16H,6H2,1-5H3,(H,20,23)/t14-,16+/m1/s1. The van der Waals surface area contributed by atoms with Crippen LogP contribution in [0.4, 0.5) is 5.69 Å². The molecular formula is C19H25N3O4. The molecule has 0 aliphatic rings. The van der Waals surface area contributed by atoms with Crippen LogP contribution >= 0.6 is 0 Å². The molecule has 0 spiro atoms. The van der Waals surface area contributed by atoms with Crippen LogP contribution < -0.4 is 10.1 Å². The van der Waals surface area contributed by atoms with Crippen LogP contribution in [0.1, 0.15) is 31.7 Å². The number of aryl methyl sites for hydroxylation is 2. The molecule has 140 valence electrons. The van der Waals surface area contributed by atoms with E-state index in [9.17, 15) is 9.59 Å². The number of ether oxygens (including phenoxy) is 2. The van der Waals surface area contributed by atoms with Gasteiger partial charge in [0.25, 0.3) is 5.91 Å². The highest BCUT2D eigenvalue weighted by molar-refractivity contribution is 5.96. The third kappa shape index (κ3) is 4.62. The van der Waals surface area contributed by atoms with Gasteiger partial charge in [0.15, 0.2) is 12.2 Å². The van der Waals surface area contributed by atoms with Crippen LogP contribution in [0, 0.1) is 13.8 Å². The molecule has 2 aromatic rings. The predicted molar refractivity (Wildman–Crippen MR) is 98.0 cm³/mol. The van der Waals surface area contributed by atoms with Gasteiger partial charge in [-0.05, 0) is 39.3 Å². The molecule has 1 heterocycles. The van der Waals surface area contributed by atoms with Crippen LogP contribution in [0.2, 0.25) is 0 Å². The van der Waals surface area contributed by atoms with E-state index < -0.39 is 24.1 Å². The van der Waals surface area contributed by atoms with E-state index >= 15 is 0 Å². The molecule has 0 radical (unpaired) electrons. The molecule has 1 amide bonds. The summed E-state index contributed by atoms with van der Waals surface area (Å²) in [5, 5.41) is 7.02. The van der Waals surface area contributed by atoms with E-state index in [1.54, 1.807) is 30.8 Å². The Hall–Kier alpha value is -2.83. The molecule has 0 saturated heterocycles. The number of rotatable bonds is 7. The number of para-hydroxylation sites is 1. The fourth-order valence-electron chi connectivity index (χ4n) is 2.44. The summed E-state index contributed by atoms with van der Waals surface area (Å²) in [5.74, 6) is -0.402. The number of anilines is 1. The van der Waals surface area contributed by atoms with E-state index in [2.05, 4.69) is 10.4 Å². The second-order valence-corrected chi connectivity index (χ2v) is 6.07. The normalized spacial score (nSPS) is 13.0. The molecule has 0 aliphatic heterocycles. The van der Waals surface area contributed by atoms with Gasteiger partial charge in [0.1, 0.15) is 5.75 Å². The fraction of sp³-hybridized carbons (Fsp3) is 0.421. The number of carbonyl (C=O) groups is 2. The summed E-state index contributed by atoms with van der Waals surface area (Å²) in [6.45, 7) is 7.01. The monoisotopic (exact) mass is 359 g/mol. The van der Waals surface area contributed by atoms with Gasteiger partial charge in [-0.3, -0.25) is 9.48 Å². The smallest absolute Gasteiger partial charge is 0.348 e. The van der Waals surface area contributed by atoms with E-state index in [1.807, 2.05) is 32.0 Å². The second-order valence-electron chi connectivity index (χ2n) is 6.07. The Kier molecular flexibility index (Phi) is 6.38. The van der Waals surface area contributed by atoms with Crippen molar-refractivity contribution in [2.45, 2.75) is 46.3 Å². The zero-order chi connectivity index (χ0) is 19.3. The molecule has 0 saturated carbocycles. The van der Waals surface area contributed by atoms with Crippen molar-refractivity contribution in [2.24, 2.45) is 7.05 Å². The van der Waals surface area contributed by atoms with Crippen LogP contribution in [0.15, 0.2) is 30.3 Å². The number of hydrogen-bond acceptors (Lipinski definition) is 5. The van der Waals surface area contributed by atoms with E-state index in [-0.39, 0.29) is 0 Å². The van der Waals surface area contributed by atoms with Crippen LogP contribution in [-0.4, -0.2) is 33.9 Å². The summed E-state index contributed by atoms with van der Waals surface area (Å²) in [5.41, 5.74) is 2.16. The third-order valence-electron chi connectivity index (χ3n) is 4.07. The second kappa shape index (κ2) is 8.51. The maximum Gasteiger partial charge on any atom is 0.348 e. The number of benzene rings is 1. The molecule has 2 atom stereocenters. The van der Waals surface area contributed by atoms with Crippen molar-refractivity contribution in [2.75, 3.05) is 5.32 Å².